The van der Waals surface area contributed by atoms with Crippen molar-refractivity contribution in [1.29, 1.82) is 0 Å². The second kappa shape index (κ2) is 3.55. The van der Waals surface area contributed by atoms with E-state index in [9.17, 15) is 4.39 Å². The first-order valence-corrected chi connectivity index (χ1v) is 4.64. The van der Waals surface area contributed by atoms with Crippen molar-refractivity contribution in [2.75, 3.05) is 5.73 Å². The molecule has 15 heavy (non-hydrogen) atoms. The Kier molecular flexibility index (Phi) is 2.36. The fourth-order valence-corrected chi connectivity index (χ4v) is 1.44. The lowest BCUT2D eigenvalue weighted by Gasteiger charge is -1.99. The van der Waals surface area contributed by atoms with E-state index < -0.39 is 5.82 Å². The molecule has 2 aromatic rings. The Morgan fingerprint density at radius 3 is 2.73 bits per heavy atom. The maximum absolute atomic E-state index is 12.9. The van der Waals surface area contributed by atoms with Crippen molar-refractivity contribution in [2.24, 2.45) is 0 Å². The number of nitrogens with zero attached hydrogens (tertiary/aromatic N) is 1. The Morgan fingerprint density at radius 2 is 2.20 bits per heavy atom. The van der Waals surface area contributed by atoms with Crippen LogP contribution in [0.25, 0.3) is 11.3 Å². The average molecular weight is 227 g/mol. The summed E-state index contributed by atoms with van der Waals surface area (Å²) in [5.41, 5.74) is 7.49. The molecule has 0 amide bonds. The summed E-state index contributed by atoms with van der Waals surface area (Å²) in [6, 6.07) is 4.34. The highest BCUT2D eigenvalue weighted by Gasteiger charge is 2.12. The Bertz CT molecular complexity index is 510. The average Bonchev–Trinajstić information content (AvgIpc) is 2.53. The van der Waals surface area contributed by atoms with Crippen LogP contribution in [-0.2, 0) is 0 Å². The van der Waals surface area contributed by atoms with E-state index in [1.807, 2.05) is 0 Å². The number of nitrogens with two attached hydrogens (primary N) is 1. The summed E-state index contributed by atoms with van der Waals surface area (Å²) < 4.78 is 17.7. The van der Waals surface area contributed by atoms with Crippen molar-refractivity contribution in [3.05, 3.63) is 34.6 Å². The zero-order valence-corrected chi connectivity index (χ0v) is 8.68. The first-order chi connectivity index (χ1) is 7.09. The van der Waals surface area contributed by atoms with E-state index in [1.165, 1.54) is 12.1 Å². The Hall–Kier alpha value is -1.55. The van der Waals surface area contributed by atoms with Gasteiger partial charge < -0.3 is 10.3 Å². The van der Waals surface area contributed by atoms with Crippen molar-refractivity contribution in [3.8, 4) is 11.3 Å². The van der Waals surface area contributed by atoms with Gasteiger partial charge in [-0.2, -0.15) is 0 Å². The van der Waals surface area contributed by atoms with Crippen molar-refractivity contribution >= 4 is 17.5 Å². The first-order valence-electron chi connectivity index (χ1n) is 4.26. The summed E-state index contributed by atoms with van der Waals surface area (Å²) in [7, 11) is 0. The Labute approximate surface area is 90.6 Å². The summed E-state index contributed by atoms with van der Waals surface area (Å²) in [5.74, 6) is -0.208. The van der Waals surface area contributed by atoms with E-state index in [4.69, 9.17) is 21.9 Å². The fourth-order valence-electron chi connectivity index (χ4n) is 1.26. The summed E-state index contributed by atoms with van der Waals surface area (Å²) in [5, 5.41) is 3.82. The number of nitrogen functional groups attached to an aromatic ring is 1. The van der Waals surface area contributed by atoms with E-state index in [0.29, 0.717) is 11.3 Å². The number of hydrogen-bond acceptors (Lipinski definition) is 3. The highest BCUT2D eigenvalue weighted by molar-refractivity contribution is 6.31. The molecule has 3 nitrogen and oxygen atoms in total. The van der Waals surface area contributed by atoms with Gasteiger partial charge in [-0.25, -0.2) is 4.39 Å². The van der Waals surface area contributed by atoms with Crippen LogP contribution in [0.2, 0.25) is 5.02 Å². The molecule has 78 valence electrons. The highest BCUT2D eigenvalue weighted by Crippen LogP contribution is 2.28. The van der Waals surface area contributed by atoms with Gasteiger partial charge in [-0.1, -0.05) is 16.8 Å². The van der Waals surface area contributed by atoms with Gasteiger partial charge >= 0.3 is 0 Å². The van der Waals surface area contributed by atoms with Gasteiger partial charge in [0.2, 0.25) is 5.88 Å². The largest absolute Gasteiger partial charge is 0.367 e. The van der Waals surface area contributed by atoms with E-state index in [2.05, 4.69) is 5.16 Å². The minimum atomic E-state index is -0.463. The van der Waals surface area contributed by atoms with Gasteiger partial charge in [0.15, 0.2) is 0 Å². The SMILES string of the molecule is Cc1c(-c2ccc(F)c(Cl)c2)noc1N. The van der Waals surface area contributed by atoms with Crippen LogP contribution in [-0.4, -0.2) is 5.16 Å². The quantitative estimate of drug-likeness (QED) is 0.813. The van der Waals surface area contributed by atoms with Gasteiger partial charge in [-0.15, -0.1) is 0 Å². The van der Waals surface area contributed by atoms with E-state index in [-0.39, 0.29) is 10.9 Å². The van der Waals surface area contributed by atoms with Crippen LogP contribution >= 0.6 is 11.6 Å². The van der Waals surface area contributed by atoms with Gasteiger partial charge in [0, 0.05) is 11.1 Å². The van der Waals surface area contributed by atoms with Gasteiger partial charge in [0.05, 0.1) is 5.02 Å². The minimum absolute atomic E-state index is 0.0495. The van der Waals surface area contributed by atoms with Crippen LogP contribution in [0.4, 0.5) is 10.3 Å². The normalized spacial score (nSPS) is 10.6. The Balaban J connectivity index is 2.55. The lowest BCUT2D eigenvalue weighted by atomic mass is 10.1. The summed E-state index contributed by atoms with van der Waals surface area (Å²) >= 11 is 5.66. The molecule has 0 spiro atoms. The van der Waals surface area contributed by atoms with Crippen LogP contribution in [0.1, 0.15) is 5.56 Å². The molecule has 2 N–H and O–H groups in total. The lowest BCUT2D eigenvalue weighted by molar-refractivity contribution is 0.439. The first kappa shape index (κ1) is 9.98. The number of rotatable bonds is 1. The second-order valence-electron chi connectivity index (χ2n) is 3.15. The molecule has 0 radical (unpaired) electrons. The lowest BCUT2D eigenvalue weighted by Crippen LogP contribution is -1.86. The van der Waals surface area contributed by atoms with E-state index in [0.717, 1.165) is 5.56 Å². The zero-order chi connectivity index (χ0) is 11.0. The molecule has 0 fully saturated rings. The number of benzene rings is 1. The van der Waals surface area contributed by atoms with Crippen LogP contribution in [0.5, 0.6) is 0 Å². The molecule has 0 aliphatic rings. The van der Waals surface area contributed by atoms with Crippen molar-refractivity contribution in [2.45, 2.75) is 6.92 Å². The third-order valence-corrected chi connectivity index (χ3v) is 2.44. The summed E-state index contributed by atoms with van der Waals surface area (Å²) in [6.07, 6.45) is 0. The summed E-state index contributed by atoms with van der Waals surface area (Å²) in [4.78, 5) is 0. The van der Waals surface area contributed by atoms with Gasteiger partial charge in [-0.05, 0) is 25.1 Å². The fraction of sp³-hybridized carbons (Fsp3) is 0.100. The topological polar surface area (TPSA) is 52.0 Å². The van der Waals surface area contributed by atoms with E-state index in [1.54, 1.807) is 13.0 Å². The molecule has 1 aromatic heterocycles. The molecule has 0 unspecified atom stereocenters. The smallest absolute Gasteiger partial charge is 0.225 e. The van der Waals surface area contributed by atoms with Crippen LogP contribution in [0.3, 0.4) is 0 Å². The van der Waals surface area contributed by atoms with Crippen molar-refractivity contribution < 1.29 is 8.91 Å². The molecule has 0 saturated carbocycles. The molecular weight excluding hydrogens is 219 g/mol. The molecule has 1 heterocycles. The molecule has 0 aliphatic carbocycles. The monoisotopic (exact) mass is 226 g/mol. The Morgan fingerprint density at radius 1 is 1.47 bits per heavy atom. The molecule has 0 bridgehead atoms. The standard InChI is InChI=1S/C10H8ClFN2O/c1-5-9(14-15-10(5)13)6-2-3-8(12)7(11)4-6/h2-4H,13H2,1H3. The number of hydrogen-bond donors (Lipinski definition) is 1. The third kappa shape index (κ3) is 1.68. The molecule has 0 atom stereocenters. The van der Waals surface area contributed by atoms with Gasteiger partial charge in [0.25, 0.3) is 0 Å². The second-order valence-corrected chi connectivity index (χ2v) is 3.56. The summed E-state index contributed by atoms with van der Waals surface area (Å²) in [6.45, 7) is 1.78. The van der Waals surface area contributed by atoms with Crippen LogP contribution in [0.15, 0.2) is 22.7 Å². The zero-order valence-electron chi connectivity index (χ0n) is 7.92. The number of aromatic nitrogens is 1. The maximum Gasteiger partial charge on any atom is 0.225 e. The van der Waals surface area contributed by atoms with Crippen LogP contribution in [0, 0.1) is 12.7 Å². The van der Waals surface area contributed by atoms with E-state index >= 15 is 0 Å². The van der Waals surface area contributed by atoms with Gasteiger partial charge in [0.1, 0.15) is 11.5 Å². The maximum atomic E-state index is 12.9. The predicted octanol–water partition coefficient (Wildman–Crippen LogP) is 3.02. The molecule has 2 rings (SSSR count). The number of anilines is 1. The number of halogens is 2. The van der Waals surface area contributed by atoms with Gasteiger partial charge in [-0.3, -0.25) is 0 Å². The molecule has 0 saturated heterocycles. The van der Waals surface area contributed by atoms with Crippen molar-refractivity contribution in [1.82, 2.24) is 5.16 Å². The van der Waals surface area contributed by atoms with Crippen molar-refractivity contribution in [3.63, 3.8) is 0 Å². The third-order valence-electron chi connectivity index (χ3n) is 2.15. The molecular formula is C10H8ClFN2O. The highest BCUT2D eigenvalue weighted by atomic mass is 35.5. The molecule has 5 heteroatoms. The minimum Gasteiger partial charge on any atom is -0.367 e. The predicted molar refractivity (Wildman–Crippen MR) is 56.1 cm³/mol. The van der Waals surface area contributed by atoms with Crippen LogP contribution < -0.4 is 5.73 Å². The molecule has 0 aliphatic heterocycles. The molecule has 1 aromatic carbocycles.